The Morgan fingerprint density at radius 3 is 2.00 bits per heavy atom. The minimum Gasteiger partial charge on any atom is -0.228 e. The van der Waals surface area contributed by atoms with E-state index in [4.69, 9.17) is 11.6 Å². The average Bonchev–Trinajstić information content (AvgIpc) is 1.58. The van der Waals surface area contributed by atoms with Crippen LogP contribution >= 0.6 is 11.6 Å². The summed E-state index contributed by atoms with van der Waals surface area (Å²) in [5, 5.41) is 0.243. The lowest BCUT2D eigenvalue weighted by Crippen LogP contribution is -1.87. The van der Waals surface area contributed by atoms with Gasteiger partial charge >= 0.3 is 0 Å². The summed E-state index contributed by atoms with van der Waals surface area (Å²) >= 11 is 5.57. The Morgan fingerprint density at radius 1 is 1.20 bits per heavy atom. The molecule has 0 unspecified atom stereocenters. The normalized spacial score (nSPS) is 11.0. The first-order valence-electron chi connectivity index (χ1n) is 2.94. The standard InChI is InChI=1S/C7H11ClN2/c1-5(2)9-7(8)10-6(3)4/h1H2,2-4H3. The summed E-state index contributed by atoms with van der Waals surface area (Å²) < 4.78 is 0. The summed E-state index contributed by atoms with van der Waals surface area (Å²) in [5.74, 6) is 0. The number of amidine groups is 1. The molecule has 0 saturated carbocycles. The van der Waals surface area contributed by atoms with Crippen LogP contribution in [0.5, 0.6) is 0 Å². The SMILES string of the molecule is C=C(C)N=C(Cl)N=C(C)C. The molecule has 3 heteroatoms. The second-order valence-electron chi connectivity index (χ2n) is 2.18. The summed E-state index contributed by atoms with van der Waals surface area (Å²) in [6.07, 6.45) is 0. The van der Waals surface area contributed by atoms with E-state index in [0.717, 1.165) is 5.71 Å². The molecule has 0 aliphatic heterocycles. The van der Waals surface area contributed by atoms with Gasteiger partial charge in [0.25, 0.3) is 0 Å². The lowest BCUT2D eigenvalue weighted by molar-refractivity contribution is 1.32. The minimum absolute atomic E-state index is 0.243. The van der Waals surface area contributed by atoms with Crippen LogP contribution in [-0.4, -0.2) is 11.0 Å². The van der Waals surface area contributed by atoms with Crippen molar-refractivity contribution in [1.29, 1.82) is 0 Å². The average molecular weight is 159 g/mol. The Balaban J connectivity index is 4.22. The van der Waals surface area contributed by atoms with Crippen molar-refractivity contribution in [3.05, 3.63) is 12.3 Å². The number of hydrogen-bond donors (Lipinski definition) is 0. The molecule has 0 atom stereocenters. The van der Waals surface area contributed by atoms with Gasteiger partial charge in [-0.2, -0.15) is 0 Å². The molecule has 0 rings (SSSR count). The van der Waals surface area contributed by atoms with Gasteiger partial charge in [-0.05, 0) is 32.4 Å². The van der Waals surface area contributed by atoms with E-state index in [1.54, 1.807) is 6.92 Å². The van der Waals surface area contributed by atoms with E-state index < -0.39 is 0 Å². The summed E-state index contributed by atoms with van der Waals surface area (Å²) in [7, 11) is 0. The molecule has 0 radical (unpaired) electrons. The van der Waals surface area contributed by atoms with Crippen molar-refractivity contribution in [2.75, 3.05) is 0 Å². The highest BCUT2D eigenvalue weighted by Crippen LogP contribution is 1.96. The van der Waals surface area contributed by atoms with Crippen molar-refractivity contribution in [2.24, 2.45) is 9.98 Å². The predicted molar refractivity (Wildman–Crippen MR) is 46.9 cm³/mol. The van der Waals surface area contributed by atoms with Gasteiger partial charge in [0.15, 0.2) is 0 Å². The summed E-state index contributed by atoms with van der Waals surface area (Å²) in [5.41, 5.74) is 1.55. The number of hydrogen-bond acceptors (Lipinski definition) is 1. The van der Waals surface area contributed by atoms with E-state index in [2.05, 4.69) is 16.6 Å². The summed E-state index contributed by atoms with van der Waals surface area (Å²) in [6.45, 7) is 9.04. The van der Waals surface area contributed by atoms with E-state index in [-0.39, 0.29) is 5.29 Å². The fraction of sp³-hybridized carbons (Fsp3) is 0.429. The second-order valence-corrected chi connectivity index (χ2v) is 2.51. The minimum atomic E-state index is 0.243. The number of rotatable bonds is 1. The number of nitrogens with zero attached hydrogens (tertiary/aromatic N) is 2. The van der Waals surface area contributed by atoms with Gasteiger partial charge in [0, 0.05) is 11.4 Å². The lowest BCUT2D eigenvalue weighted by Gasteiger charge is -1.89. The quantitative estimate of drug-likeness (QED) is 0.319. The number of halogens is 1. The molecule has 0 amide bonds. The lowest BCUT2D eigenvalue weighted by atomic mass is 10.5. The fourth-order valence-electron chi connectivity index (χ4n) is 0.367. The van der Waals surface area contributed by atoms with E-state index in [1.165, 1.54) is 0 Å². The van der Waals surface area contributed by atoms with Crippen LogP contribution in [0.4, 0.5) is 0 Å². The Morgan fingerprint density at radius 2 is 1.70 bits per heavy atom. The van der Waals surface area contributed by atoms with Gasteiger partial charge in [0.05, 0.1) is 0 Å². The number of allylic oxidation sites excluding steroid dienone is 1. The Hall–Kier alpha value is -0.630. The van der Waals surface area contributed by atoms with Crippen molar-refractivity contribution in [1.82, 2.24) is 0 Å². The third kappa shape index (κ3) is 5.51. The monoisotopic (exact) mass is 158 g/mol. The maximum Gasteiger partial charge on any atom is 0.222 e. The molecule has 0 fully saturated rings. The van der Waals surface area contributed by atoms with Crippen LogP contribution in [0.25, 0.3) is 0 Å². The molecule has 0 heterocycles. The summed E-state index contributed by atoms with van der Waals surface area (Å²) in [4.78, 5) is 7.71. The zero-order chi connectivity index (χ0) is 8.15. The second kappa shape index (κ2) is 4.23. The van der Waals surface area contributed by atoms with Crippen LogP contribution in [0.1, 0.15) is 20.8 Å². The van der Waals surface area contributed by atoms with Crippen molar-refractivity contribution in [2.45, 2.75) is 20.8 Å². The molecule has 0 saturated heterocycles. The predicted octanol–water partition coefficient (Wildman–Crippen LogP) is 2.60. The molecule has 10 heavy (non-hydrogen) atoms. The Bertz CT molecular complexity index is 188. The van der Waals surface area contributed by atoms with Gasteiger partial charge in [0.1, 0.15) is 0 Å². The molecule has 0 aromatic rings. The number of aliphatic imine (C=N–C) groups is 2. The first kappa shape index (κ1) is 9.37. The summed E-state index contributed by atoms with van der Waals surface area (Å²) in [6, 6.07) is 0. The molecule has 0 bridgehead atoms. The van der Waals surface area contributed by atoms with Gasteiger partial charge in [-0.1, -0.05) is 6.58 Å². The van der Waals surface area contributed by atoms with Gasteiger partial charge < -0.3 is 0 Å². The molecule has 0 aliphatic carbocycles. The molecule has 0 aromatic heterocycles. The maximum absolute atomic E-state index is 5.57. The highest BCUT2D eigenvalue weighted by atomic mass is 35.5. The molecular formula is C7H11ClN2. The van der Waals surface area contributed by atoms with Crippen LogP contribution in [-0.2, 0) is 0 Å². The Kier molecular flexibility index (Phi) is 3.96. The van der Waals surface area contributed by atoms with Crippen molar-refractivity contribution in [3.8, 4) is 0 Å². The molecule has 0 aliphatic rings. The molecule has 2 nitrogen and oxygen atoms in total. The molecule has 0 N–H and O–H groups in total. The van der Waals surface area contributed by atoms with Crippen LogP contribution in [0, 0.1) is 0 Å². The van der Waals surface area contributed by atoms with Crippen molar-refractivity contribution < 1.29 is 0 Å². The van der Waals surface area contributed by atoms with Gasteiger partial charge in [-0.15, -0.1) is 0 Å². The smallest absolute Gasteiger partial charge is 0.222 e. The van der Waals surface area contributed by atoms with Gasteiger partial charge in [-0.25, -0.2) is 9.98 Å². The topological polar surface area (TPSA) is 24.7 Å². The third-order valence-electron chi connectivity index (χ3n) is 0.599. The third-order valence-corrected chi connectivity index (χ3v) is 0.768. The fourth-order valence-corrected chi connectivity index (χ4v) is 0.680. The highest BCUT2D eigenvalue weighted by Gasteiger charge is 1.87. The van der Waals surface area contributed by atoms with E-state index >= 15 is 0 Å². The molecule has 56 valence electrons. The van der Waals surface area contributed by atoms with Crippen LogP contribution in [0.3, 0.4) is 0 Å². The van der Waals surface area contributed by atoms with Crippen molar-refractivity contribution in [3.63, 3.8) is 0 Å². The van der Waals surface area contributed by atoms with E-state index in [9.17, 15) is 0 Å². The highest BCUT2D eigenvalue weighted by molar-refractivity contribution is 6.65. The maximum atomic E-state index is 5.57. The zero-order valence-corrected chi connectivity index (χ0v) is 7.24. The van der Waals surface area contributed by atoms with Gasteiger partial charge in [-0.3, -0.25) is 0 Å². The zero-order valence-electron chi connectivity index (χ0n) is 6.48. The van der Waals surface area contributed by atoms with E-state index in [1.807, 2.05) is 13.8 Å². The van der Waals surface area contributed by atoms with Crippen LogP contribution < -0.4 is 0 Å². The van der Waals surface area contributed by atoms with Crippen LogP contribution in [0.2, 0.25) is 0 Å². The van der Waals surface area contributed by atoms with E-state index in [0.29, 0.717) is 5.70 Å². The molecule has 0 aromatic carbocycles. The largest absolute Gasteiger partial charge is 0.228 e. The van der Waals surface area contributed by atoms with Crippen LogP contribution in [0.15, 0.2) is 22.3 Å². The van der Waals surface area contributed by atoms with Gasteiger partial charge in [0.2, 0.25) is 5.29 Å². The molecule has 0 spiro atoms. The first-order valence-corrected chi connectivity index (χ1v) is 3.31. The molecular weight excluding hydrogens is 148 g/mol. The van der Waals surface area contributed by atoms with Crippen molar-refractivity contribution >= 4 is 22.6 Å². The first-order chi connectivity index (χ1) is 4.52. The Labute approximate surface area is 66.3 Å².